The van der Waals surface area contributed by atoms with Crippen LogP contribution in [0.5, 0.6) is 0 Å². The van der Waals surface area contributed by atoms with E-state index in [4.69, 9.17) is 0 Å². The van der Waals surface area contributed by atoms with Gasteiger partial charge in [0.25, 0.3) is 5.91 Å². The molecule has 1 aliphatic rings. The Bertz CT molecular complexity index is 1870. The molecule has 3 heterocycles. The largest absolute Gasteiger partial charge is 0.379 e. The lowest BCUT2D eigenvalue weighted by molar-refractivity contribution is 0.0885. The number of para-hydroxylation sites is 3. The molecule has 1 atom stereocenters. The third-order valence-electron chi connectivity index (χ3n) is 7.70. The quantitative estimate of drug-likeness (QED) is 0.264. The monoisotopic (exact) mass is 567 g/mol. The Morgan fingerprint density at radius 3 is 1.98 bits per heavy atom. The molecule has 1 unspecified atom stereocenters. The maximum Gasteiger partial charge on any atom is 0.255 e. The number of hydrogen-bond donors (Lipinski definition) is 2. The first kappa shape index (κ1) is 26.1. The molecule has 0 saturated heterocycles. The molecular weight excluding hydrogens is 538 g/mol. The van der Waals surface area contributed by atoms with Crippen molar-refractivity contribution in [2.24, 2.45) is 0 Å². The highest BCUT2D eigenvalue weighted by molar-refractivity contribution is 6.02. The third-order valence-corrected chi connectivity index (χ3v) is 7.70. The molecule has 0 radical (unpaired) electrons. The number of hydrogen-bond acceptors (Lipinski definition) is 7. The normalized spacial score (nSPS) is 16.0. The van der Waals surface area contributed by atoms with Crippen molar-refractivity contribution in [3.05, 3.63) is 144 Å². The second-order valence-corrected chi connectivity index (χ2v) is 10.5. The van der Waals surface area contributed by atoms with Crippen molar-refractivity contribution in [3.63, 3.8) is 0 Å². The van der Waals surface area contributed by atoms with Gasteiger partial charge in [-0.3, -0.25) is 4.79 Å². The van der Waals surface area contributed by atoms with Crippen LogP contribution >= 0.6 is 0 Å². The number of rotatable bonds is 8. The number of aromatic nitrogens is 6. The Morgan fingerprint density at radius 2 is 1.30 bits per heavy atom. The molecular formula is C33H29N9O. The van der Waals surface area contributed by atoms with E-state index in [1.54, 1.807) is 9.36 Å². The Balaban J connectivity index is 1.13. The minimum absolute atomic E-state index is 0.119. The number of benzene rings is 4. The summed E-state index contributed by atoms with van der Waals surface area (Å²) in [6, 6.07) is 35.5. The molecule has 0 bridgehead atoms. The number of carbonyl (C=O) groups excluding carboxylic acids is 1. The highest BCUT2D eigenvalue weighted by Gasteiger charge is 2.42. The maximum atomic E-state index is 13.3. The van der Waals surface area contributed by atoms with Crippen molar-refractivity contribution in [3.8, 4) is 11.4 Å². The Kier molecular flexibility index (Phi) is 6.63. The van der Waals surface area contributed by atoms with Gasteiger partial charge in [-0.25, -0.2) is 9.36 Å². The van der Waals surface area contributed by atoms with E-state index < -0.39 is 5.66 Å². The summed E-state index contributed by atoms with van der Waals surface area (Å²) in [6.07, 6.45) is 3.84. The zero-order valence-corrected chi connectivity index (χ0v) is 23.5. The van der Waals surface area contributed by atoms with Gasteiger partial charge in [0.15, 0.2) is 0 Å². The van der Waals surface area contributed by atoms with Crippen molar-refractivity contribution >= 4 is 17.3 Å². The van der Waals surface area contributed by atoms with E-state index in [0.717, 1.165) is 39.7 Å². The number of nitrogens with one attached hydrogen (secondary N) is 2. The second-order valence-electron chi connectivity index (χ2n) is 10.5. The van der Waals surface area contributed by atoms with E-state index in [0.29, 0.717) is 18.7 Å². The Morgan fingerprint density at radius 1 is 0.721 bits per heavy atom. The second kappa shape index (κ2) is 10.9. The van der Waals surface area contributed by atoms with Crippen molar-refractivity contribution in [1.29, 1.82) is 0 Å². The van der Waals surface area contributed by atoms with Gasteiger partial charge in [-0.1, -0.05) is 71.1 Å². The first-order valence-corrected chi connectivity index (χ1v) is 14.0. The molecule has 7 rings (SSSR count). The van der Waals surface area contributed by atoms with Gasteiger partial charge < -0.3 is 15.5 Å². The van der Waals surface area contributed by atoms with Crippen LogP contribution in [-0.4, -0.2) is 35.9 Å². The number of fused-ring (bicyclic) bond motifs is 1. The predicted octanol–water partition coefficient (Wildman–Crippen LogP) is 5.08. The van der Waals surface area contributed by atoms with Gasteiger partial charge >= 0.3 is 0 Å². The molecule has 4 aromatic carbocycles. The van der Waals surface area contributed by atoms with Crippen LogP contribution in [0.3, 0.4) is 0 Å². The van der Waals surface area contributed by atoms with E-state index in [-0.39, 0.29) is 5.91 Å². The van der Waals surface area contributed by atoms with Gasteiger partial charge in [0.2, 0.25) is 0 Å². The molecule has 10 heteroatoms. The van der Waals surface area contributed by atoms with Gasteiger partial charge in [-0.05, 0) is 61.0 Å². The average molecular weight is 568 g/mol. The van der Waals surface area contributed by atoms with Crippen LogP contribution in [0.25, 0.3) is 11.4 Å². The zero-order valence-electron chi connectivity index (χ0n) is 23.5. The van der Waals surface area contributed by atoms with Gasteiger partial charge in [-0.2, -0.15) is 0 Å². The van der Waals surface area contributed by atoms with E-state index in [1.807, 2.05) is 129 Å². The maximum absolute atomic E-state index is 13.3. The van der Waals surface area contributed by atoms with Gasteiger partial charge in [0, 0.05) is 5.69 Å². The molecule has 43 heavy (non-hydrogen) atoms. The van der Waals surface area contributed by atoms with E-state index in [1.165, 1.54) is 0 Å². The lowest BCUT2D eigenvalue weighted by atomic mass is 9.93. The van der Waals surface area contributed by atoms with Crippen LogP contribution in [0.4, 0.5) is 11.4 Å². The van der Waals surface area contributed by atoms with Gasteiger partial charge in [0.1, 0.15) is 17.1 Å². The van der Waals surface area contributed by atoms with Crippen molar-refractivity contribution in [2.75, 3.05) is 10.2 Å². The standard InChI is InChI=1S/C33H29N9O/c1-33(24-16-18-25(19-17-24)34-20-26-22-41(38-36-26)28-10-4-2-5-11-28)35-32(43)30-14-8-9-15-31(30)40(33)21-27-23-42(39-37-27)29-12-6-3-7-13-29/h2-19,22-23,34H,20-21H2,1H3,(H,35,43). The minimum atomic E-state index is -0.834. The Hall–Kier alpha value is -5.77. The summed E-state index contributed by atoms with van der Waals surface area (Å²) < 4.78 is 3.53. The summed E-state index contributed by atoms with van der Waals surface area (Å²) in [5.41, 5.74) is 5.99. The number of anilines is 2. The number of carbonyl (C=O) groups is 1. The molecule has 212 valence electrons. The zero-order chi connectivity index (χ0) is 29.2. The first-order valence-electron chi connectivity index (χ1n) is 14.0. The number of nitrogens with zero attached hydrogens (tertiary/aromatic N) is 7. The molecule has 2 aromatic heterocycles. The van der Waals surface area contributed by atoms with Crippen molar-refractivity contribution in [2.45, 2.75) is 25.7 Å². The predicted molar refractivity (Wildman–Crippen MR) is 164 cm³/mol. The first-order chi connectivity index (χ1) is 21.1. The molecule has 6 aromatic rings. The van der Waals surface area contributed by atoms with Crippen molar-refractivity contribution in [1.82, 2.24) is 35.3 Å². The molecule has 2 N–H and O–H groups in total. The van der Waals surface area contributed by atoms with Crippen LogP contribution in [-0.2, 0) is 18.8 Å². The lowest BCUT2D eigenvalue weighted by Crippen LogP contribution is -2.59. The molecule has 0 fully saturated rings. The smallest absolute Gasteiger partial charge is 0.255 e. The van der Waals surface area contributed by atoms with Gasteiger partial charge in [0.05, 0.1) is 48.1 Å². The van der Waals surface area contributed by atoms with Crippen LogP contribution in [0.2, 0.25) is 0 Å². The fourth-order valence-electron chi connectivity index (χ4n) is 5.40. The molecule has 0 saturated carbocycles. The molecule has 0 spiro atoms. The Labute approximate surface area is 248 Å². The van der Waals surface area contributed by atoms with E-state index >= 15 is 0 Å². The summed E-state index contributed by atoms with van der Waals surface area (Å²) in [7, 11) is 0. The van der Waals surface area contributed by atoms with Gasteiger partial charge in [-0.15, -0.1) is 10.2 Å². The van der Waals surface area contributed by atoms with E-state index in [9.17, 15) is 4.79 Å². The molecule has 1 aliphatic heterocycles. The molecule has 0 aliphatic carbocycles. The van der Waals surface area contributed by atoms with Crippen LogP contribution < -0.4 is 15.5 Å². The summed E-state index contributed by atoms with van der Waals surface area (Å²) >= 11 is 0. The lowest BCUT2D eigenvalue weighted by Gasteiger charge is -2.47. The van der Waals surface area contributed by atoms with Crippen LogP contribution in [0, 0.1) is 0 Å². The highest BCUT2D eigenvalue weighted by Crippen LogP contribution is 2.38. The molecule has 1 amide bonds. The number of amides is 1. The fourth-order valence-corrected chi connectivity index (χ4v) is 5.40. The van der Waals surface area contributed by atoms with E-state index in [2.05, 4.69) is 36.2 Å². The fraction of sp³-hybridized carbons (Fsp3) is 0.121. The summed E-state index contributed by atoms with van der Waals surface area (Å²) in [5.74, 6) is -0.119. The minimum Gasteiger partial charge on any atom is -0.379 e. The topological polar surface area (TPSA) is 106 Å². The SMILES string of the molecule is CC1(c2ccc(NCc3cn(-c4ccccc4)nn3)cc2)NC(=O)c2ccccc2N1Cc1cn(-c2ccccc2)nn1. The van der Waals surface area contributed by atoms with Crippen LogP contribution in [0.1, 0.15) is 34.2 Å². The summed E-state index contributed by atoms with van der Waals surface area (Å²) in [4.78, 5) is 15.5. The summed E-state index contributed by atoms with van der Waals surface area (Å²) in [6.45, 7) is 2.99. The highest BCUT2D eigenvalue weighted by atomic mass is 16.2. The average Bonchev–Trinajstić information content (AvgIpc) is 3.74. The third kappa shape index (κ3) is 5.10. The molecule has 10 nitrogen and oxygen atoms in total. The summed E-state index contributed by atoms with van der Waals surface area (Å²) in [5, 5.41) is 24.0. The van der Waals surface area contributed by atoms with Crippen molar-refractivity contribution < 1.29 is 4.79 Å². The van der Waals surface area contributed by atoms with Crippen LogP contribution in [0.15, 0.2) is 122 Å².